The smallest absolute Gasteiger partial charge is 0.317 e. The first-order valence-electron chi connectivity index (χ1n) is 13.8. The number of rotatable bonds is 7. The summed E-state index contributed by atoms with van der Waals surface area (Å²) in [6.45, 7) is -0.0486. The molecule has 4 aliphatic rings. The van der Waals surface area contributed by atoms with E-state index < -0.39 is 41.7 Å². The topological polar surface area (TPSA) is 131 Å². The highest BCUT2D eigenvalue weighted by atomic mass is 19.3. The Labute approximate surface area is 231 Å². The van der Waals surface area contributed by atoms with Gasteiger partial charge in [0.25, 0.3) is 11.8 Å². The maximum absolute atomic E-state index is 14.0. The molecule has 1 saturated heterocycles. The number of amides is 3. The molecule has 0 bridgehead atoms. The predicted octanol–water partition coefficient (Wildman–Crippen LogP) is 3.69. The molecule has 2 N–H and O–H groups in total. The largest absolute Gasteiger partial charge is 0.342 e. The number of carbonyl (C=O) groups is 2. The highest BCUT2D eigenvalue weighted by molar-refractivity contribution is 5.93. The van der Waals surface area contributed by atoms with Gasteiger partial charge in [-0.25, -0.2) is 36.5 Å². The van der Waals surface area contributed by atoms with Crippen LogP contribution in [0.15, 0.2) is 23.1 Å². The minimum atomic E-state index is -2.78. The molecule has 41 heavy (non-hydrogen) atoms. The fourth-order valence-corrected chi connectivity index (χ4v) is 6.16. The average Bonchev–Trinajstić information content (AvgIpc) is 3.73. The highest BCUT2D eigenvalue weighted by Gasteiger charge is 2.69. The third kappa shape index (κ3) is 4.88. The summed E-state index contributed by atoms with van der Waals surface area (Å²) >= 11 is 0. The van der Waals surface area contributed by atoms with E-state index in [0.29, 0.717) is 22.6 Å². The summed E-state index contributed by atoms with van der Waals surface area (Å²) in [5, 5.41) is 17.6. The van der Waals surface area contributed by atoms with Gasteiger partial charge in [0, 0.05) is 38.4 Å². The van der Waals surface area contributed by atoms with Crippen LogP contribution in [0.25, 0.3) is 5.65 Å². The Hall–Kier alpha value is -3.78. The molecule has 0 spiro atoms. The first-order chi connectivity index (χ1) is 19.6. The van der Waals surface area contributed by atoms with Crippen LogP contribution in [0.4, 0.5) is 22.4 Å². The van der Waals surface area contributed by atoms with Gasteiger partial charge in [-0.1, -0.05) is 5.16 Å². The lowest BCUT2D eigenvalue weighted by atomic mass is 9.81. The zero-order valence-corrected chi connectivity index (χ0v) is 21.9. The fourth-order valence-electron chi connectivity index (χ4n) is 6.16. The Morgan fingerprint density at radius 1 is 1.15 bits per heavy atom. The van der Waals surface area contributed by atoms with Gasteiger partial charge in [-0.2, -0.15) is 5.10 Å². The highest BCUT2D eigenvalue weighted by Crippen LogP contribution is 2.55. The van der Waals surface area contributed by atoms with Gasteiger partial charge in [0.15, 0.2) is 11.3 Å². The number of hydrogen-bond acceptors (Lipinski definition) is 7. The number of nitrogens with zero attached hydrogens (tertiary/aromatic N) is 6. The van der Waals surface area contributed by atoms with E-state index in [1.54, 1.807) is 12.3 Å². The minimum Gasteiger partial charge on any atom is -0.342 e. The van der Waals surface area contributed by atoms with Crippen LogP contribution in [-0.2, 0) is 6.54 Å². The first kappa shape index (κ1) is 26.1. The van der Waals surface area contributed by atoms with Crippen LogP contribution in [0, 0.1) is 17.8 Å². The molecule has 15 heteroatoms. The molecule has 4 heterocycles. The van der Waals surface area contributed by atoms with Crippen molar-refractivity contribution in [3.05, 3.63) is 41.1 Å². The SMILES string of the molecule is O=C(NC(c1cn2ncc(CN3CC4C(CNC3=O)C4(F)F)cc2n1)C1CCC(F)(F)CC1)c1nonc1C1CC1. The van der Waals surface area contributed by atoms with Crippen molar-refractivity contribution in [1.82, 2.24) is 40.4 Å². The Balaban J connectivity index is 1.14. The summed E-state index contributed by atoms with van der Waals surface area (Å²) in [5.74, 6) is -7.94. The lowest BCUT2D eigenvalue weighted by Crippen LogP contribution is -2.40. The van der Waals surface area contributed by atoms with Gasteiger partial charge in [0.2, 0.25) is 5.92 Å². The number of alkyl halides is 4. The second kappa shape index (κ2) is 9.38. The van der Waals surface area contributed by atoms with E-state index in [0.717, 1.165) is 12.8 Å². The molecular weight excluding hydrogens is 548 g/mol. The van der Waals surface area contributed by atoms with Crippen molar-refractivity contribution in [2.45, 2.75) is 68.9 Å². The zero-order chi connectivity index (χ0) is 28.5. The molecule has 11 nitrogen and oxygen atoms in total. The van der Waals surface area contributed by atoms with Gasteiger partial charge < -0.3 is 15.5 Å². The van der Waals surface area contributed by atoms with E-state index in [9.17, 15) is 27.2 Å². The van der Waals surface area contributed by atoms with Crippen molar-refractivity contribution < 1.29 is 31.8 Å². The Morgan fingerprint density at radius 3 is 2.68 bits per heavy atom. The van der Waals surface area contributed by atoms with Gasteiger partial charge >= 0.3 is 6.03 Å². The van der Waals surface area contributed by atoms with Gasteiger partial charge in [-0.3, -0.25) is 4.79 Å². The third-order valence-corrected chi connectivity index (χ3v) is 8.84. The summed E-state index contributed by atoms with van der Waals surface area (Å²) in [7, 11) is 0. The quantitative estimate of drug-likeness (QED) is 0.410. The second-order valence-corrected chi connectivity index (χ2v) is 11.7. The van der Waals surface area contributed by atoms with E-state index in [1.807, 2.05) is 0 Å². The summed E-state index contributed by atoms with van der Waals surface area (Å²) < 4.78 is 62.2. The predicted molar refractivity (Wildman–Crippen MR) is 132 cm³/mol. The molecule has 3 aliphatic carbocycles. The lowest BCUT2D eigenvalue weighted by Gasteiger charge is -2.33. The Bertz CT molecular complexity index is 1490. The van der Waals surface area contributed by atoms with Gasteiger partial charge in [0.1, 0.15) is 5.69 Å². The number of fused-ring (bicyclic) bond motifs is 2. The summed E-state index contributed by atoms with van der Waals surface area (Å²) in [4.78, 5) is 31.7. The van der Waals surface area contributed by atoms with Crippen molar-refractivity contribution in [3.8, 4) is 0 Å². The maximum atomic E-state index is 14.0. The van der Waals surface area contributed by atoms with E-state index >= 15 is 0 Å². The number of halogens is 4. The van der Waals surface area contributed by atoms with Crippen molar-refractivity contribution in [1.29, 1.82) is 0 Å². The summed E-state index contributed by atoms with van der Waals surface area (Å²) in [5.41, 5.74) is 2.01. The molecule has 218 valence electrons. The Kier molecular flexibility index (Phi) is 5.98. The monoisotopic (exact) mass is 576 g/mol. The van der Waals surface area contributed by atoms with Gasteiger partial charge in [-0.15, -0.1) is 0 Å². The standard InChI is InChI=1S/C26H28F4N8O3/c27-25(28)5-3-15(4-6-25)20(34-23(39)22-21(14-1-2-14)35-41-36-22)18-12-38-19(33-18)7-13(8-32-38)10-37-11-17-16(26(17,29)30)9-31-24(37)40/h7-8,12,14-17,20H,1-6,9-11H2,(H,31,40)(H,34,39). The maximum Gasteiger partial charge on any atom is 0.317 e. The molecule has 3 amide bonds. The van der Waals surface area contributed by atoms with Crippen LogP contribution in [0.1, 0.15) is 77.9 Å². The van der Waals surface area contributed by atoms with Crippen LogP contribution >= 0.6 is 0 Å². The van der Waals surface area contributed by atoms with E-state index in [1.165, 1.54) is 15.6 Å². The van der Waals surface area contributed by atoms with Crippen LogP contribution in [0.3, 0.4) is 0 Å². The third-order valence-electron chi connectivity index (χ3n) is 8.84. The van der Waals surface area contributed by atoms with Crippen molar-refractivity contribution in [3.63, 3.8) is 0 Å². The molecule has 4 fully saturated rings. The summed E-state index contributed by atoms with van der Waals surface area (Å²) in [6.07, 6.45) is 4.72. The van der Waals surface area contributed by atoms with Gasteiger partial charge in [-0.05, 0) is 48.4 Å². The molecule has 1 aliphatic heterocycles. The van der Waals surface area contributed by atoms with Crippen molar-refractivity contribution in [2.75, 3.05) is 13.1 Å². The van der Waals surface area contributed by atoms with E-state index in [-0.39, 0.29) is 62.8 Å². The van der Waals surface area contributed by atoms with Crippen LogP contribution < -0.4 is 10.6 Å². The number of carbonyl (C=O) groups excluding carboxylic acids is 2. The average molecular weight is 577 g/mol. The number of aromatic nitrogens is 5. The molecular formula is C26H28F4N8O3. The number of nitrogens with one attached hydrogen (secondary N) is 2. The molecule has 0 aromatic carbocycles. The number of imidazole rings is 1. The lowest BCUT2D eigenvalue weighted by molar-refractivity contribution is -0.0495. The molecule has 0 radical (unpaired) electrons. The molecule has 3 saturated carbocycles. The van der Waals surface area contributed by atoms with Crippen molar-refractivity contribution in [2.24, 2.45) is 17.8 Å². The van der Waals surface area contributed by atoms with Crippen LogP contribution in [-0.4, -0.2) is 66.7 Å². The first-order valence-corrected chi connectivity index (χ1v) is 13.8. The van der Waals surface area contributed by atoms with Gasteiger partial charge in [0.05, 0.1) is 36.0 Å². The Morgan fingerprint density at radius 2 is 1.93 bits per heavy atom. The van der Waals surface area contributed by atoms with E-state index in [2.05, 4.69) is 31.0 Å². The van der Waals surface area contributed by atoms with Crippen LogP contribution in [0.2, 0.25) is 0 Å². The molecule has 3 unspecified atom stereocenters. The second-order valence-electron chi connectivity index (χ2n) is 11.7. The number of urea groups is 1. The molecule has 7 rings (SSSR count). The normalized spacial score (nSPS) is 26.2. The molecule has 3 aromatic heterocycles. The number of hydrogen-bond donors (Lipinski definition) is 2. The fraction of sp³-hybridized carbons (Fsp3) is 0.615. The molecule has 3 atom stereocenters. The summed E-state index contributed by atoms with van der Waals surface area (Å²) in [6, 6.07) is 0.581. The zero-order valence-electron chi connectivity index (χ0n) is 21.9. The van der Waals surface area contributed by atoms with Crippen molar-refractivity contribution >= 4 is 17.6 Å². The van der Waals surface area contributed by atoms with E-state index in [4.69, 9.17) is 4.63 Å². The van der Waals surface area contributed by atoms with Crippen LogP contribution in [0.5, 0.6) is 0 Å². The molecule has 3 aromatic rings. The minimum absolute atomic E-state index is 0.0549.